The van der Waals surface area contributed by atoms with Crippen molar-refractivity contribution in [2.24, 2.45) is 5.10 Å². The first-order valence-corrected chi connectivity index (χ1v) is 9.90. The quantitative estimate of drug-likeness (QED) is 0.266. The van der Waals surface area contributed by atoms with Crippen LogP contribution in [0.4, 0.5) is 24.5 Å². The van der Waals surface area contributed by atoms with Crippen molar-refractivity contribution in [2.75, 3.05) is 11.9 Å². The largest absolute Gasteiger partial charge is 0.488 e. The van der Waals surface area contributed by atoms with E-state index in [1.807, 2.05) is 0 Å². The summed E-state index contributed by atoms with van der Waals surface area (Å²) in [4.78, 5) is 22.2. The summed E-state index contributed by atoms with van der Waals surface area (Å²) in [6, 6.07) is 17.4. The molecule has 3 aromatic carbocycles. The van der Waals surface area contributed by atoms with Crippen molar-refractivity contribution in [1.82, 2.24) is 5.43 Å². The van der Waals surface area contributed by atoms with E-state index >= 15 is 0 Å². The van der Waals surface area contributed by atoms with Crippen molar-refractivity contribution in [3.63, 3.8) is 0 Å². The Kier molecular flexibility index (Phi) is 7.80. The van der Waals surface area contributed by atoms with E-state index in [-0.39, 0.29) is 24.5 Å². The minimum absolute atomic E-state index is 0.0189. The highest BCUT2D eigenvalue weighted by Crippen LogP contribution is 2.30. The number of nitro benzene ring substituents is 1. The lowest BCUT2D eigenvalue weighted by atomic mass is 10.2. The SMILES string of the molecule is O=C(CNc1cccc(C(F)(F)F)c1)N/N=C\c1ccccc1OCc1ccc([N+](=O)[O-])cc1. The van der Waals surface area contributed by atoms with E-state index in [4.69, 9.17) is 4.74 Å². The molecule has 11 heteroatoms. The molecule has 0 spiro atoms. The minimum atomic E-state index is -4.47. The lowest BCUT2D eigenvalue weighted by molar-refractivity contribution is -0.384. The van der Waals surface area contributed by atoms with Crippen LogP contribution in [0.15, 0.2) is 77.9 Å². The van der Waals surface area contributed by atoms with Gasteiger partial charge in [-0.3, -0.25) is 14.9 Å². The summed E-state index contributed by atoms with van der Waals surface area (Å²) in [6.45, 7) is -0.118. The van der Waals surface area contributed by atoms with Gasteiger partial charge in [-0.25, -0.2) is 5.43 Å². The number of rotatable bonds is 9. The number of carbonyl (C=O) groups excluding carboxylic acids is 1. The van der Waals surface area contributed by atoms with Crippen LogP contribution in [0.5, 0.6) is 5.75 Å². The van der Waals surface area contributed by atoms with Crippen LogP contribution in [0.25, 0.3) is 0 Å². The monoisotopic (exact) mass is 472 g/mol. The smallest absolute Gasteiger partial charge is 0.416 e. The maximum absolute atomic E-state index is 12.8. The lowest BCUT2D eigenvalue weighted by Gasteiger charge is -2.10. The third kappa shape index (κ3) is 7.05. The number of nitro groups is 1. The molecule has 0 aliphatic rings. The van der Waals surface area contributed by atoms with E-state index in [1.165, 1.54) is 30.5 Å². The number of ether oxygens (including phenoxy) is 1. The molecule has 0 aliphatic heterocycles. The van der Waals surface area contributed by atoms with E-state index in [1.54, 1.807) is 36.4 Å². The van der Waals surface area contributed by atoms with Crippen LogP contribution in [0.2, 0.25) is 0 Å². The van der Waals surface area contributed by atoms with Gasteiger partial charge < -0.3 is 10.1 Å². The molecule has 0 saturated heterocycles. The van der Waals surface area contributed by atoms with Crippen LogP contribution in [0.3, 0.4) is 0 Å². The van der Waals surface area contributed by atoms with Gasteiger partial charge in [0.25, 0.3) is 11.6 Å². The second-order valence-corrected chi connectivity index (χ2v) is 6.98. The normalized spacial score (nSPS) is 11.3. The molecule has 0 radical (unpaired) electrons. The molecule has 34 heavy (non-hydrogen) atoms. The number of para-hydroxylation sites is 1. The Morgan fingerprint density at radius 3 is 2.50 bits per heavy atom. The number of carbonyl (C=O) groups is 1. The second-order valence-electron chi connectivity index (χ2n) is 6.98. The Morgan fingerprint density at radius 1 is 1.06 bits per heavy atom. The molecular formula is C23H19F3N4O4. The highest BCUT2D eigenvalue weighted by Gasteiger charge is 2.30. The highest BCUT2D eigenvalue weighted by atomic mass is 19.4. The van der Waals surface area contributed by atoms with Crippen molar-refractivity contribution in [2.45, 2.75) is 12.8 Å². The zero-order valence-electron chi connectivity index (χ0n) is 17.6. The molecule has 2 N–H and O–H groups in total. The molecule has 8 nitrogen and oxygen atoms in total. The number of benzene rings is 3. The molecule has 0 fully saturated rings. The molecule has 0 saturated carbocycles. The van der Waals surface area contributed by atoms with Crippen LogP contribution < -0.4 is 15.5 Å². The Labute approximate surface area is 192 Å². The third-order valence-electron chi connectivity index (χ3n) is 4.50. The fourth-order valence-electron chi connectivity index (χ4n) is 2.79. The number of nitrogens with zero attached hydrogens (tertiary/aromatic N) is 2. The highest BCUT2D eigenvalue weighted by molar-refractivity contribution is 5.86. The number of alkyl halides is 3. The molecule has 3 aromatic rings. The fourth-order valence-corrected chi connectivity index (χ4v) is 2.79. The summed E-state index contributed by atoms with van der Waals surface area (Å²) in [7, 11) is 0. The molecule has 0 aromatic heterocycles. The molecule has 0 aliphatic carbocycles. The topological polar surface area (TPSA) is 106 Å². The molecule has 3 rings (SSSR count). The first-order valence-electron chi connectivity index (χ1n) is 9.90. The first-order chi connectivity index (χ1) is 16.2. The van der Waals surface area contributed by atoms with Crippen molar-refractivity contribution < 1.29 is 27.6 Å². The maximum Gasteiger partial charge on any atom is 0.416 e. The number of hydrogen-bond donors (Lipinski definition) is 2. The van der Waals surface area contributed by atoms with Crippen LogP contribution >= 0.6 is 0 Å². The predicted octanol–water partition coefficient (Wildman–Crippen LogP) is 4.75. The summed E-state index contributed by atoms with van der Waals surface area (Å²) in [5, 5.41) is 17.2. The second kappa shape index (κ2) is 10.9. The Morgan fingerprint density at radius 2 is 1.79 bits per heavy atom. The van der Waals surface area contributed by atoms with Gasteiger partial charge in [-0.15, -0.1) is 0 Å². The lowest BCUT2D eigenvalue weighted by Crippen LogP contribution is -2.26. The van der Waals surface area contributed by atoms with E-state index in [9.17, 15) is 28.1 Å². The summed E-state index contributed by atoms with van der Waals surface area (Å²) in [6.07, 6.45) is -3.11. The number of amides is 1. The number of nitrogens with one attached hydrogen (secondary N) is 2. The van der Waals surface area contributed by atoms with Crippen molar-refractivity contribution in [1.29, 1.82) is 0 Å². The van der Waals surface area contributed by atoms with Gasteiger partial charge in [0.2, 0.25) is 0 Å². The molecule has 0 heterocycles. The summed E-state index contributed by atoms with van der Waals surface area (Å²) in [5.74, 6) is -0.0844. The summed E-state index contributed by atoms with van der Waals surface area (Å²) >= 11 is 0. The number of hydrazone groups is 1. The number of halogens is 3. The molecule has 0 unspecified atom stereocenters. The van der Waals surface area contributed by atoms with Gasteiger partial charge in [0.05, 0.1) is 23.2 Å². The summed E-state index contributed by atoms with van der Waals surface area (Å²) in [5.41, 5.74) is 2.90. The molecular weight excluding hydrogens is 453 g/mol. The van der Waals surface area contributed by atoms with Gasteiger partial charge in [-0.2, -0.15) is 18.3 Å². The van der Waals surface area contributed by atoms with Gasteiger partial charge in [0.1, 0.15) is 12.4 Å². The van der Waals surface area contributed by atoms with Gasteiger partial charge in [0.15, 0.2) is 0 Å². The Balaban J connectivity index is 1.53. The number of non-ortho nitro benzene ring substituents is 1. The molecule has 1 amide bonds. The molecule has 0 bridgehead atoms. The Hall–Kier alpha value is -4.41. The van der Waals surface area contributed by atoms with Gasteiger partial charge >= 0.3 is 6.18 Å². The minimum Gasteiger partial charge on any atom is -0.488 e. The van der Waals surface area contributed by atoms with Crippen molar-refractivity contribution in [3.8, 4) is 5.75 Å². The first kappa shape index (κ1) is 24.2. The van der Waals surface area contributed by atoms with Crippen LogP contribution in [-0.2, 0) is 17.6 Å². The zero-order chi connectivity index (χ0) is 24.6. The molecule has 0 atom stereocenters. The standard InChI is InChI=1S/C23H19F3N4O4/c24-23(25,26)18-5-3-6-19(12-18)27-14-22(31)29-28-13-17-4-1-2-7-21(17)34-15-16-8-10-20(11-9-16)30(32)33/h1-13,27H,14-15H2,(H,29,31)/b28-13-. The van der Waals surface area contributed by atoms with E-state index in [0.717, 1.165) is 17.7 Å². The van der Waals surface area contributed by atoms with Gasteiger partial charge in [-0.05, 0) is 48.0 Å². The van der Waals surface area contributed by atoms with Crippen LogP contribution in [0.1, 0.15) is 16.7 Å². The van der Waals surface area contributed by atoms with Gasteiger partial charge in [-0.1, -0.05) is 18.2 Å². The third-order valence-corrected chi connectivity index (χ3v) is 4.50. The fraction of sp³-hybridized carbons (Fsp3) is 0.130. The van der Waals surface area contributed by atoms with E-state index < -0.39 is 22.6 Å². The van der Waals surface area contributed by atoms with Crippen molar-refractivity contribution >= 4 is 23.5 Å². The average Bonchev–Trinajstić information content (AvgIpc) is 2.82. The van der Waals surface area contributed by atoms with Crippen LogP contribution in [0, 0.1) is 10.1 Å². The van der Waals surface area contributed by atoms with Crippen molar-refractivity contribution in [3.05, 3.63) is 99.6 Å². The summed E-state index contributed by atoms with van der Waals surface area (Å²) < 4.78 is 44.0. The number of anilines is 1. The number of hydrogen-bond acceptors (Lipinski definition) is 6. The van der Waals surface area contributed by atoms with E-state index in [0.29, 0.717) is 11.3 Å². The van der Waals surface area contributed by atoms with Gasteiger partial charge in [0, 0.05) is 23.4 Å². The van der Waals surface area contributed by atoms with E-state index in [2.05, 4.69) is 15.8 Å². The zero-order valence-corrected chi connectivity index (χ0v) is 17.6. The van der Waals surface area contributed by atoms with Crippen LogP contribution in [-0.4, -0.2) is 23.6 Å². The Bertz CT molecular complexity index is 1180. The molecule has 176 valence electrons. The maximum atomic E-state index is 12.8. The average molecular weight is 472 g/mol. The predicted molar refractivity (Wildman–Crippen MR) is 120 cm³/mol.